The van der Waals surface area contributed by atoms with Crippen LogP contribution >= 0.6 is 0 Å². The summed E-state index contributed by atoms with van der Waals surface area (Å²) in [6, 6.07) is 7.80. The lowest BCUT2D eigenvalue weighted by Gasteiger charge is -2.36. The van der Waals surface area contributed by atoms with E-state index < -0.39 is 11.5 Å². The zero-order valence-corrected chi connectivity index (χ0v) is 16.1. The first kappa shape index (κ1) is 18.6. The Morgan fingerprint density at radius 1 is 1.13 bits per heavy atom. The molecule has 2 fully saturated rings. The van der Waals surface area contributed by atoms with Crippen LogP contribution in [-0.2, 0) is 5.67 Å². The molecule has 0 unspecified atom stereocenters. The Balaban J connectivity index is 1.35. The Kier molecular flexibility index (Phi) is 4.21. The SMILES string of the molecule is N#Cc1cc(F)cc(N2CCN(C(=O)c3cncc4cc(C5(F)CC5)oc34)CC2)c1. The average Bonchev–Trinajstić information content (AvgIpc) is 3.35. The third-order valence-electron chi connectivity index (χ3n) is 5.73. The van der Waals surface area contributed by atoms with E-state index in [2.05, 4.69) is 4.98 Å². The number of halogens is 2. The van der Waals surface area contributed by atoms with Crippen LogP contribution in [0.4, 0.5) is 14.5 Å². The number of nitrogens with zero attached hydrogens (tertiary/aromatic N) is 4. The fourth-order valence-corrected chi connectivity index (χ4v) is 3.85. The molecule has 0 radical (unpaired) electrons. The molecule has 2 aromatic heterocycles. The number of aromatic nitrogens is 1. The summed E-state index contributed by atoms with van der Waals surface area (Å²) >= 11 is 0. The van der Waals surface area contributed by atoms with Gasteiger partial charge in [-0.3, -0.25) is 9.78 Å². The number of anilines is 1. The number of furan rings is 1. The van der Waals surface area contributed by atoms with E-state index in [9.17, 15) is 13.6 Å². The number of amides is 1. The number of nitriles is 1. The summed E-state index contributed by atoms with van der Waals surface area (Å²) < 4.78 is 33.9. The number of pyridine rings is 1. The van der Waals surface area contributed by atoms with Gasteiger partial charge in [0.25, 0.3) is 5.91 Å². The van der Waals surface area contributed by atoms with Crippen molar-refractivity contribution < 1.29 is 18.0 Å². The largest absolute Gasteiger partial charge is 0.457 e. The van der Waals surface area contributed by atoms with Gasteiger partial charge in [0, 0.05) is 49.6 Å². The van der Waals surface area contributed by atoms with Gasteiger partial charge in [-0.2, -0.15) is 5.26 Å². The summed E-state index contributed by atoms with van der Waals surface area (Å²) in [5.41, 5.74) is 0.138. The molecular weight excluding hydrogens is 390 g/mol. The molecule has 1 amide bonds. The van der Waals surface area contributed by atoms with E-state index in [0.29, 0.717) is 61.2 Å². The first-order valence-electron chi connectivity index (χ1n) is 9.79. The van der Waals surface area contributed by atoms with Crippen molar-refractivity contribution in [2.45, 2.75) is 18.5 Å². The second-order valence-electron chi connectivity index (χ2n) is 7.77. The summed E-state index contributed by atoms with van der Waals surface area (Å²) in [7, 11) is 0. The predicted octanol–water partition coefficient (Wildman–Crippen LogP) is 3.76. The first-order valence-corrected chi connectivity index (χ1v) is 9.79. The minimum Gasteiger partial charge on any atom is -0.457 e. The summed E-state index contributed by atoms with van der Waals surface area (Å²) in [5.74, 6) is -0.437. The van der Waals surface area contributed by atoms with Crippen molar-refractivity contribution in [1.29, 1.82) is 5.26 Å². The molecule has 0 spiro atoms. The van der Waals surface area contributed by atoms with E-state index in [0.717, 1.165) is 0 Å². The molecule has 1 saturated heterocycles. The fraction of sp³-hybridized carbons (Fsp3) is 0.318. The number of alkyl halides is 1. The Hall–Kier alpha value is -3.47. The number of piperazine rings is 1. The highest BCUT2D eigenvalue weighted by molar-refractivity contribution is 6.04. The minimum absolute atomic E-state index is 0.227. The molecule has 0 atom stereocenters. The minimum atomic E-state index is -1.42. The molecule has 8 heteroatoms. The molecule has 2 aliphatic rings. The first-order chi connectivity index (χ1) is 14.5. The molecule has 0 bridgehead atoms. The van der Waals surface area contributed by atoms with Gasteiger partial charge in [-0.1, -0.05) is 0 Å². The fourth-order valence-electron chi connectivity index (χ4n) is 3.85. The Morgan fingerprint density at radius 3 is 2.60 bits per heavy atom. The van der Waals surface area contributed by atoms with Gasteiger partial charge >= 0.3 is 0 Å². The summed E-state index contributed by atoms with van der Waals surface area (Å²) in [5, 5.41) is 9.65. The Bertz CT molecular complexity index is 1190. The number of fused-ring (bicyclic) bond motifs is 1. The molecular formula is C22H18F2N4O2. The average molecular weight is 408 g/mol. The van der Waals surface area contributed by atoms with Gasteiger partial charge in [0.15, 0.2) is 5.67 Å². The van der Waals surface area contributed by atoms with Gasteiger partial charge in [0.05, 0.1) is 11.6 Å². The Labute approximate surface area is 171 Å². The van der Waals surface area contributed by atoms with Gasteiger partial charge in [-0.05, 0) is 37.1 Å². The van der Waals surface area contributed by atoms with Gasteiger partial charge in [-0.15, -0.1) is 0 Å². The molecule has 1 aliphatic heterocycles. The van der Waals surface area contributed by atoms with E-state index in [4.69, 9.17) is 9.68 Å². The van der Waals surface area contributed by atoms with Gasteiger partial charge in [0.2, 0.25) is 0 Å². The lowest BCUT2D eigenvalue weighted by atomic mass is 10.1. The molecule has 5 rings (SSSR count). The van der Waals surface area contributed by atoms with Gasteiger partial charge in [0.1, 0.15) is 22.7 Å². The van der Waals surface area contributed by atoms with Crippen LogP contribution in [0.3, 0.4) is 0 Å². The number of benzene rings is 1. The van der Waals surface area contributed by atoms with E-state index >= 15 is 0 Å². The number of carbonyl (C=O) groups is 1. The van der Waals surface area contributed by atoms with Crippen molar-refractivity contribution in [2.75, 3.05) is 31.1 Å². The van der Waals surface area contributed by atoms with Crippen LogP contribution in [-0.4, -0.2) is 42.0 Å². The van der Waals surface area contributed by atoms with Crippen LogP contribution in [0.2, 0.25) is 0 Å². The van der Waals surface area contributed by atoms with E-state index in [-0.39, 0.29) is 17.2 Å². The lowest BCUT2D eigenvalue weighted by Crippen LogP contribution is -2.48. The normalized spacial score (nSPS) is 17.8. The molecule has 3 aromatic rings. The number of hydrogen-bond acceptors (Lipinski definition) is 5. The zero-order valence-electron chi connectivity index (χ0n) is 16.1. The zero-order chi connectivity index (χ0) is 20.9. The lowest BCUT2D eigenvalue weighted by molar-refractivity contribution is 0.0747. The number of carbonyl (C=O) groups excluding carboxylic acids is 1. The van der Waals surface area contributed by atoms with E-state index in [1.165, 1.54) is 18.3 Å². The van der Waals surface area contributed by atoms with Crippen LogP contribution in [0, 0.1) is 17.1 Å². The maximum absolute atomic E-state index is 14.4. The van der Waals surface area contributed by atoms with Gasteiger partial charge in [-0.25, -0.2) is 8.78 Å². The number of hydrogen-bond donors (Lipinski definition) is 0. The van der Waals surface area contributed by atoms with E-state index in [1.54, 1.807) is 23.2 Å². The smallest absolute Gasteiger partial charge is 0.259 e. The molecule has 1 aliphatic carbocycles. The third-order valence-corrected chi connectivity index (χ3v) is 5.73. The van der Waals surface area contributed by atoms with Crippen LogP contribution in [0.15, 0.2) is 41.1 Å². The highest BCUT2D eigenvalue weighted by atomic mass is 19.1. The van der Waals surface area contributed by atoms with E-state index in [1.807, 2.05) is 11.0 Å². The van der Waals surface area contributed by atoms with Crippen LogP contribution < -0.4 is 4.90 Å². The topological polar surface area (TPSA) is 73.4 Å². The second-order valence-corrected chi connectivity index (χ2v) is 7.77. The van der Waals surface area contributed by atoms with Crippen molar-refractivity contribution in [3.8, 4) is 6.07 Å². The molecule has 0 N–H and O–H groups in total. The maximum atomic E-state index is 14.4. The third kappa shape index (κ3) is 3.16. The molecule has 30 heavy (non-hydrogen) atoms. The maximum Gasteiger partial charge on any atom is 0.259 e. The molecule has 1 saturated carbocycles. The monoisotopic (exact) mass is 408 g/mol. The standard InChI is InChI=1S/C22H18F2N4O2/c23-16-7-14(11-25)8-17(10-16)27-3-5-28(6-4-27)21(29)18-13-26-12-15-9-19(30-20(15)18)22(24)1-2-22/h7-10,12-13H,1-6H2. The highest BCUT2D eigenvalue weighted by Gasteiger charge is 2.48. The molecule has 1 aromatic carbocycles. The van der Waals surface area contributed by atoms with Crippen molar-refractivity contribution in [1.82, 2.24) is 9.88 Å². The highest BCUT2D eigenvalue weighted by Crippen LogP contribution is 2.51. The van der Waals surface area contributed by atoms with Crippen molar-refractivity contribution in [3.63, 3.8) is 0 Å². The van der Waals surface area contributed by atoms with Crippen molar-refractivity contribution >= 4 is 22.6 Å². The van der Waals surface area contributed by atoms with Crippen LogP contribution in [0.25, 0.3) is 11.0 Å². The molecule has 3 heterocycles. The summed E-state index contributed by atoms with van der Waals surface area (Å²) in [6.07, 6.45) is 3.88. The summed E-state index contributed by atoms with van der Waals surface area (Å²) in [6.45, 7) is 1.85. The predicted molar refractivity (Wildman–Crippen MR) is 105 cm³/mol. The van der Waals surface area contributed by atoms with Crippen LogP contribution in [0.1, 0.15) is 34.5 Å². The Morgan fingerprint density at radius 2 is 1.90 bits per heavy atom. The summed E-state index contributed by atoms with van der Waals surface area (Å²) in [4.78, 5) is 20.8. The number of rotatable bonds is 3. The van der Waals surface area contributed by atoms with Crippen LogP contribution in [0.5, 0.6) is 0 Å². The molecule has 152 valence electrons. The van der Waals surface area contributed by atoms with Crippen molar-refractivity contribution in [3.05, 3.63) is 59.4 Å². The quantitative estimate of drug-likeness (QED) is 0.660. The second kappa shape index (κ2) is 6.80. The van der Waals surface area contributed by atoms with Gasteiger partial charge < -0.3 is 14.2 Å². The van der Waals surface area contributed by atoms with Crippen molar-refractivity contribution in [2.24, 2.45) is 0 Å². The molecule has 6 nitrogen and oxygen atoms in total.